The molecule has 4 rings (SSSR count). The molecule has 31 heavy (non-hydrogen) atoms. The van der Waals surface area contributed by atoms with Crippen molar-refractivity contribution in [2.45, 2.75) is 11.4 Å². The molecule has 3 heterocycles. The van der Waals surface area contributed by atoms with Crippen LogP contribution < -0.4 is 5.01 Å². The van der Waals surface area contributed by atoms with Crippen molar-refractivity contribution in [3.63, 3.8) is 0 Å². The molecule has 0 bridgehead atoms. The van der Waals surface area contributed by atoms with E-state index < -0.39 is 28.8 Å². The number of aromatic nitrogens is 1. The summed E-state index contributed by atoms with van der Waals surface area (Å²) in [6.07, 6.45) is -2.72. The summed E-state index contributed by atoms with van der Waals surface area (Å²) in [5.74, 6) is -1.40. The van der Waals surface area contributed by atoms with Gasteiger partial charge >= 0.3 is 6.18 Å². The topological polar surface area (TPSA) is 65.9 Å². The number of benzene rings is 1. The van der Waals surface area contributed by atoms with E-state index in [2.05, 4.69) is 9.98 Å². The quantitative estimate of drug-likeness (QED) is 0.594. The minimum atomic E-state index is -4.63. The number of hydrogen-bond acceptors (Lipinski definition) is 6. The maximum atomic E-state index is 13.0. The lowest BCUT2D eigenvalue weighted by atomic mass is 10.2. The van der Waals surface area contributed by atoms with Crippen LogP contribution in [0.2, 0.25) is 10.0 Å². The number of amides is 2. The van der Waals surface area contributed by atoms with Gasteiger partial charge in [-0.3, -0.25) is 14.6 Å². The number of carbonyl (C=O) groups is 2. The summed E-state index contributed by atoms with van der Waals surface area (Å²) in [7, 11) is 1.32. The molecule has 160 valence electrons. The zero-order chi connectivity index (χ0) is 22.5. The summed E-state index contributed by atoms with van der Waals surface area (Å²) in [5, 5.41) is 1.70. The summed E-state index contributed by atoms with van der Waals surface area (Å²) in [4.78, 5) is 33.8. The van der Waals surface area contributed by atoms with Gasteiger partial charge in [-0.05, 0) is 18.2 Å². The van der Waals surface area contributed by atoms with Crippen molar-refractivity contribution in [1.29, 1.82) is 0 Å². The predicted molar refractivity (Wildman–Crippen MR) is 112 cm³/mol. The van der Waals surface area contributed by atoms with Crippen LogP contribution in [0.1, 0.15) is 11.1 Å². The Morgan fingerprint density at radius 3 is 2.45 bits per heavy atom. The van der Waals surface area contributed by atoms with Crippen LogP contribution in [-0.4, -0.2) is 39.1 Å². The van der Waals surface area contributed by atoms with Gasteiger partial charge in [0, 0.05) is 30.0 Å². The Hall–Kier alpha value is -2.56. The summed E-state index contributed by atoms with van der Waals surface area (Å²) < 4.78 is 38.6. The Balaban J connectivity index is 1.60. The Morgan fingerprint density at radius 1 is 1.16 bits per heavy atom. The third-order valence-corrected chi connectivity index (χ3v) is 6.34. The third kappa shape index (κ3) is 3.90. The zero-order valence-electron chi connectivity index (χ0n) is 15.5. The van der Waals surface area contributed by atoms with Gasteiger partial charge < -0.3 is 0 Å². The van der Waals surface area contributed by atoms with Crippen LogP contribution in [-0.2, 0) is 15.8 Å². The minimum absolute atomic E-state index is 0.155. The highest BCUT2D eigenvalue weighted by Crippen LogP contribution is 2.39. The summed E-state index contributed by atoms with van der Waals surface area (Å²) in [6.45, 7) is 0. The maximum absolute atomic E-state index is 13.0. The number of rotatable bonds is 3. The average molecular weight is 487 g/mol. The predicted octanol–water partition coefficient (Wildman–Crippen LogP) is 4.57. The van der Waals surface area contributed by atoms with Crippen molar-refractivity contribution in [2.24, 2.45) is 4.99 Å². The van der Waals surface area contributed by atoms with Crippen molar-refractivity contribution in [3.8, 4) is 0 Å². The average Bonchev–Trinajstić information content (AvgIpc) is 2.97. The lowest BCUT2D eigenvalue weighted by molar-refractivity contribution is -0.139. The van der Waals surface area contributed by atoms with Gasteiger partial charge in [0.05, 0.1) is 16.2 Å². The molecule has 2 aliphatic rings. The molecule has 0 radical (unpaired) electrons. The number of halogens is 5. The Morgan fingerprint density at radius 2 is 1.84 bits per heavy atom. The number of alkyl halides is 3. The van der Waals surface area contributed by atoms with Gasteiger partial charge in [-0.2, -0.15) is 18.2 Å². The molecule has 0 aliphatic carbocycles. The fourth-order valence-corrected chi connectivity index (χ4v) is 4.54. The van der Waals surface area contributed by atoms with Gasteiger partial charge in [-0.1, -0.05) is 47.1 Å². The van der Waals surface area contributed by atoms with Crippen molar-refractivity contribution in [2.75, 3.05) is 12.1 Å². The van der Waals surface area contributed by atoms with E-state index in [1.54, 1.807) is 24.3 Å². The molecule has 6 nitrogen and oxygen atoms in total. The number of thioether (sulfide) groups is 1. The second-order valence-corrected chi connectivity index (χ2v) is 8.47. The van der Waals surface area contributed by atoms with E-state index in [0.717, 1.165) is 27.3 Å². The summed E-state index contributed by atoms with van der Waals surface area (Å²) >= 11 is 13.0. The second kappa shape index (κ2) is 7.85. The van der Waals surface area contributed by atoms with Gasteiger partial charge in [0.1, 0.15) is 10.3 Å². The number of imide groups is 1. The molecule has 1 fully saturated rings. The molecule has 0 N–H and O–H groups in total. The van der Waals surface area contributed by atoms with Crippen molar-refractivity contribution in [3.05, 3.63) is 69.5 Å². The molecular weight excluding hydrogens is 476 g/mol. The fourth-order valence-electron chi connectivity index (χ4n) is 3.02. The molecule has 0 spiro atoms. The molecule has 1 atom stereocenters. The van der Waals surface area contributed by atoms with Crippen molar-refractivity contribution < 1.29 is 22.8 Å². The van der Waals surface area contributed by atoms with Gasteiger partial charge in [-0.25, -0.2) is 9.98 Å². The first kappa shape index (κ1) is 21.7. The highest BCUT2D eigenvalue weighted by molar-refractivity contribution is 8.15. The normalized spacial score (nSPS) is 18.6. The van der Waals surface area contributed by atoms with E-state index in [-0.39, 0.29) is 16.4 Å². The van der Waals surface area contributed by atoms with Crippen LogP contribution in [0.5, 0.6) is 0 Å². The fraction of sp³-hybridized carbons (Fsp3) is 0.158. The van der Waals surface area contributed by atoms with E-state index in [0.29, 0.717) is 22.3 Å². The van der Waals surface area contributed by atoms with Crippen LogP contribution in [0.15, 0.2) is 53.3 Å². The van der Waals surface area contributed by atoms with Crippen molar-refractivity contribution >= 4 is 57.6 Å². The Bertz CT molecular complexity index is 1150. The number of nitrogens with zero attached hydrogens (tertiary/aromatic N) is 4. The molecule has 2 amide bonds. The van der Waals surface area contributed by atoms with E-state index in [4.69, 9.17) is 23.2 Å². The zero-order valence-corrected chi connectivity index (χ0v) is 17.9. The second-order valence-electron chi connectivity index (χ2n) is 6.53. The minimum Gasteiger partial charge on any atom is -0.271 e. The third-order valence-electron chi connectivity index (χ3n) is 4.55. The molecule has 12 heteroatoms. The first-order valence-electron chi connectivity index (χ1n) is 8.63. The maximum Gasteiger partial charge on any atom is 0.417 e. The van der Waals surface area contributed by atoms with Crippen LogP contribution >= 0.6 is 35.0 Å². The van der Waals surface area contributed by atoms with Gasteiger partial charge in [0.2, 0.25) is 0 Å². The number of fused-ring (bicyclic) bond motifs is 1. The molecular formula is C19H11Cl2F3N4O2S. The monoisotopic (exact) mass is 486 g/mol. The van der Waals surface area contributed by atoms with Crippen LogP contribution in [0.25, 0.3) is 0 Å². The first-order valence-corrected chi connectivity index (χ1v) is 10.3. The van der Waals surface area contributed by atoms with Crippen LogP contribution in [0.3, 0.4) is 0 Å². The number of hydrogen-bond donors (Lipinski definition) is 0. The highest BCUT2D eigenvalue weighted by atomic mass is 35.5. The van der Waals surface area contributed by atoms with Gasteiger partial charge in [0.15, 0.2) is 5.82 Å². The molecule has 1 saturated heterocycles. The lowest BCUT2D eigenvalue weighted by Crippen LogP contribution is -2.45. The number of hydrazine groups is 1. The van der Waals surface area contributed by atoms with E-state index in [1.807, 2.05) is 0 Å². The number of pyridine rings is 1. The number of aliphatic imine (C=N–C) groups is 1. The number of anilines is 1. The SMILES string of the molecule is CN(c1ncc(C(F)(F)F)cc1Cl)N1C(=O)C2=CN=C(c3ccc(Cl)cc3)SC2C1=O. The lowest BCUT2D eigenvalue weighted by Gasteiger charge is -2.27. The van der Waals surface area contributed by atoms with Gasteiger partial charge in [-0.15, -0.1) is 0 Å². The van der Waals surface area contributed by atoms with Crippen molar-refractivity contribution in [1.82, 2.24) is 9.99 Å². The first-order chi connectivity index (χ1) is 14.6. The van der Waals surface area contributed by atoms with Crippen LogP contribution in [0.4, 0.5) is 19.0 Å². The Kier molecular flexibility index (Phi) is 5.48. The molecule has 1 aromatic carbocycles. The Labute approximate surface area is 188 Å². The summed E-state index contributed by atoms with van der Waals surface area (Å²) in [6, 6.07) is 7.53. The summed E-state index contributed by atoms with van der Waals surface area (Å²) in [5.41, 5.74) is -0.159. The molecule has 2 aliphatic heterocycles. The molecule has 1 aromatic heterocycles. The van der Waals surface area contributed by atoms with E-state index in [9.17, 15) is 22.8 Å². The molecule has 2 aromatic rings. The van der Waals surface area contributed by atoms with E-state index >= 15 is 0 Å². The number of carbonyl (C=O) groups excluding carboxylic acids is 2. The molecule has 1 unspecified atom stereocenters. The molecule has 0 saturated carbocycles. The van der Waals surface area contributed by atoms with Gasteiger partial charge in [0.25, 0.3) is 11.8 Å². The largest absolute Gasteiger partial charge is 0.417 e. The van der Waals surface area contributed by atoms with E-state index in [1.165, 1.54) is 13.2 Å². The standard InChI is InChI=1S/C19H11Cl2F3N4O2S/c1-27(15-13(21)6-10(7-25-15)19(22,23)24)28-17(29)12-8-26-16(31-14(12)18(28)30)9-2-4-11(20)5-3-9/h2-8,14H,1H3. The highest BCUT2D eigenvalue weighted by Gasteiger charge is 2.48. The smallest absolute Gasteiger partial charge is 0.271 e. The van der Waals surface area contributed by atoms with Crippen LogP contribution in [0, 0.1) is 0 Å².